The van der Waals surface area contributed by atoms with Crippen molar-refractivity contribution in [3.63, 3.8) is 0 Å². The predicted molar refractivity (Wildman–Crippen MR) is 107 cm³/mol. The van der Waals surface area contributed by atoms with Crippen LogP contribution in [-0.2, 0) is 6.42 Å². The largest absolute Gasteiger partial charge is 0.420 e. The molecule has 5 nitrogen and oxygen atoms in total. The number of halogens is 1. The van der Waals surface area contributed by atoms with Crippen molar-refractivity contribution in [2.75, 3.05) is 0 Å². The maximum absolute atomic E-state index is 9.75. The van der Waals surface area contributed by atoms with E-state index in [2.05, 4.69) is 51.3 Å². The average molecular weight is 421 g/mol. The molecule has 1 aromatic heterocycles. The average Bonchev–Trinajstić information content (AvgIpc) is 3.11. The van der Waals surface area contributed by atoms with Crippen molar-refractivity contribution < 1.29 is 4.74 Å². The third-order valence-corrected chi connectivity index (χ3v) is 5.32. The van der Waals surface area contributed by atoms with E-state index < -0.39 is 0 Å². The van der Waals surface area contributed by atoms with Gasteiger partial charge in [0.2, 0.25) is 11.8 Å². The maximum atomic E-state index is 9.75. The summed E-state index contributed by atoms with van der Waals surface area (Å²) in [5, 5.41) is 17.1. The van der Waals surface area contributed by atoms with E-state index in [1.54, 1.807) is 0 Å². The van der Waals surface area contributed by atoms with Crippen LogP contribution in [0.4, 0.5) is 0 Å². The number of nitriles is 1. The molecule has 0 unspecified atom stereocenters. The Labute approximate surface area is 165 Å². The molecule has 0 amide bonds. The third kappa shape index (κ3) is 3.00. The summed E-state index contributed by atoms with van der Waals surface area (Å²) in [5.74, 6) is 0.180. The van der Waals surface area contributed by atoms with Gasteiger partial charge in [-0.25, -0.2) is 0 Å². The van der Waals surface area contributed by atoms with Crippen LogP contribution in [0, 0.1) is 11.3 Å². The predicted octanol–water partition coefficient (Wildman–Crippen LogP) is 4.62. The van der Waals surface area contributed by atoms with Gasteiger partial charge in [0, 0.05) is 10.0 Å². The van der Waals surface area contributed by atoms with Gasteiger partial charge in [0.15, 0.2) is 0 Å². The summed E-state index contributed by atoms with van der Waals surface area (Å²) < 4.78 is 6.63. The Morgan fingerprint density at radius 3 is 2.52 bits per heavy atom. The minimum Gasteiger partial charge on any atom is -0.420 e. The van der Waals surface area contributed by atoms with E-state index in [0.29, 0.717) is 11.5 Å². The number of aromatic amines is 1. The molecule has 0 aliphatic carbocycles. The van der Waals surface area contributed by atoms with Crippen LogP contribution in [-0.4, -0.2) is 10.2 Å². The number of hydrogen-bond acceptors (Lipinski definition) is 4. The van der Waals surface area contributed by atoms with Crippen LogP contribution in [0.1, 0.15) is 29.5 Å². The van der Waals surface area contributed by atoms with Crippen LogP contribution in [0.2, 0.25) is 0 Å². The van der Waals surface area contributed by atoms with Gasteiger partial charge in [-0.2, -0.15) is 5.26 Å². The van der Waals surface area contributed by atoms with E-state index in [0.717, 1.165) is 33.3 Å². The number of aromatic nitrogens is 2. The normalized spacial score (nSPS) is 15.8. The summed E-state index contributed by atoms with van der Waals surface area (Å²) in [6.07, 6.45) is 0.957. The van der Waals surface area contributed by atoms with Crippen molar-refractivity contribution >= 4 is 15.9 Å². The maximum Gasteiger partial charge on any atom is 0.244 e. The van der Waals surface area contributed by atoms with Crippen molar-refractivity contribution in [2.24, 2.45) is 5.73 Å². The van der Waals surface area contributed by atoms with Crippen LogP contribution in [0.3, 0.4) is 0 Å². The number of H-pyrrole nitrogens is 1. The van der Waals surface area contributed by atoms with Crippen molar-refractivity contribution in [2.45, 2.75) is 19.3 Å². The molecule has 0 bridgehead atoms. The zero-order valence-electron chi connectivity index (χ0n) is 14.7. The Bertz CT molecular complexity index is 1060. The monoisotopic (exact) mass is 420 g/mol. The zero-order chi connectivity index (χ0) is 19.0. The Kier molecular flexibility index (Phi) is 4.46. The summed E-state index contributed by atoms with van der Waals surface area (Å²) in [6.45, 7) is 2.11. The lowest BCUT2D eigenvalue weighted by Gasteiger charge is -2.24. The SMILES string of the molecule is CCc1ccc([C@@H]2C(C#N)=C(N)Oc3n[nH]c(-c4ccc(Br)cc4)c32)cc1. The van der Waals surface area contributed by atoms with Crippen molar-refractivity contribution in [3.05, 3.63) is 81.2 Å². The molecule has 0 saturated carbocycles. The first kappa shape index (κ1) is 17.4. The van der Waals surface area contributed by atoms with E-state index in [4.69, 9.17) is 10.5 Å². The van der Waals surface area contributed by atoms with Crippen LogP contribution in [0.5, 0.6) is 5.88 Å². The first-order chi connectivity index (χ1) is 13.1. The Morgan fingerprint density at radius 2 is 1.89 bits per heavy atom. The molecular formula is C21H17BrN4O. The lowest BCUT2D eigenvalue weighted by atomic mass is 9.82. The topological polar surface area (TPSA) is 87.7 Å². The first-order valence-corrected chi connectivity index (χ1v) is 9.42. The molecule has 0 spiro atoms. The van der Waals surface area contributed by atoms with E-state index in [1.807, 2.05) is 36.4 Å². The number of nitrogens with one attached hydrogen (secondary N) is 1. The quantitative estimate of drug-likeness (QED) is 0.646. The number of ether oxygens (including phenoxy) is 1. The van der Waals surface area contributed by atoms with Gasteiger partial charge >= 0.3 is 0 Å². The second-order valence-electron chi connectivity index (χ2n) is 6.34. The number of benzene rings is 2. The number of aryl methyl sites for hydroxylation is 1. The molecule has 2 heterocycles. The smallest absolute Gasteiger partial charge is 0.244 e. The minimum absolute atomic E-state index is 0.100. The molecule has 0 radical (unpaired) electrons. The Balaban J connectivity index is 1.90. The number of rotatable bonds is 3. The number of nitrogens with zero attached hydrogens (tertiary/aromatic N) is 2. The van der Waals surface area contributed by atoms with Gasteiger partial charge in [0.25, 0.3) is 0 Å². The van der Waals surface area contributed by atoms with E-state index in [1.165, 1.54) is 5.56 Å². The van der Waals surface area contributed by atoms with Crippen LogP contribution in [0.15, 0.2) is 64.5 Å². The van der Waals surface area contributed by atoms with Gasteiger partial charge in [0.1, 0.15) is 11.6 Å². The first-order valence-electron chi connectivity index (χ1n) is 8.63. The minimum atomic E-state index is -0.331. The second-order valence-corrected chi connectivity index (χ2v) is 7.26. The third-order valence-electron chi connectivity index (χ3n) is 4.79. The van der Waals surface area contributed by atoms with E-state index in [9.17, 15) is 5.26 Å². The molecule has 3 aromatic rings. The second kappa shape index (κ2) is 6.93. The molecular weight excluding hydrogens is 404 g/mol. The molecule has 4 rings (SSSR count). The van der Waals surface area contributed by atoms with E-state index >= 15 is 0 Å². The highest BCUT2D eigenvalue weighted by atomic mass is 79.9. The van der Waals surface area contributed by atoms with E-state index in [-0.39, 0.29) is 11.8 Å². The number of allylic oxidation sites excluding steroid dienone is 1. The number of fused-ring (bicyclic) bond motifs is 1. The Morgan fingerprint density at radius 1 is 1.19 bits per heavy atom. The molecule has 27 heavy (non-hydrogen) atoms. The summed E-state index contributed by atoms with van der Waals surface area (Å²) in [5.41, 5.74) is 11.3. The molecule has 0 saturated heterocycles. The fourth-order valence-corrected chi connectivity index (χ4v) is 3.63. The zero-order valence-corrected chi connectivity index (χ0v) is 16.2. The molecule has 2 aromatic carbocycles. The van der Waals surface area contributed by atoms with Gasteiger partial charge in [-0.05, 0) is 29.7 Å². The molecule has 134 valence electrons. The number of nitrogens with two attached hydrogens (primary N) is 1. The number of hydrogen-bond donors (Lipinski definition) is 2. The molecule has 6 heteroatoms. The summed E-state index contributed by atoms with van der Waals surface area (Å²) in [7, 11) is 0. The highest BCUT2D eigenvalue weighted by molar-refractivity contribution is 9.10. The molecule has 1 aliphatic heterocycles. The van der Waals surface area contributed by atoms with Crippen LogP contribution >= 0.6 is 15.9 Å². The van der Waals surface area contributed by atoms with Crippen molar-refractivity contribution in [3.8, 4) is 23.2 Å². The summed E-state index contributed by atoms with van der Waals surface area (Å²) >= 11 is 3.46. The van der Waals surface area contributed by atoms with Crippen molar-refractivity contribution in [1.29, 1.82) is 5.26 Å². The lowest BCUT2D eigenvalue weighted by Crippen LogP contribution is -2.21. The highest BCUT2D eigenvalue weighted by Crippen LogP contribution is 2.45. The molecule has 0 fully saturated rings. The van der Waals surface area contributed by atoms with Gasteiger partial charge in [-0.3, -0.25) is 5.10 Å². The molecule has 1 aliphatic rings. The van der Waals surface area contributed by atoms with Gasteiger partial charge in [-0.1, -0.05) is 59.3 Å². The Hall–Kier alpha value is -3.04. The fraction of sp³-hybridized carbons (Fsp3) is 0.143. The highest BCUT2D eigenvalue weighted by Gasteiger charge is 2.35. The lowest BCUT2D eigenvalue weighted by molar-refractivity contribution is 0.379. The van der Waals surface area contributed by atoms with Crippen LogP contribution < -0.4 is 10.5 Å². The fourth-order valence-electron chi connectivity index (χ4n) is 3.36. The van der Waals surface area contributed by atoms with Gasteiger partial charge < -0.3 is 10.5 Å². The summed E-state index contributed by atoms with van der Waals surface area (Å²) in [6, 6.07) is 18.4. The van der Waals surface area contributed by atoms with Crippen molar-refractivity contribution in [1.82, 2.24) is 10.2 Å². The van der Waals surface area contributed by atoms with Crippen LogP contribution in [0.25, 0.3) is 11.3 Å². The molecule has 1 atom stereocenters. The standard InChI is InChI=1S/C21H17BrN4O/c1-2-12-3-5-13(6-4-12)17-16(11-23)20(24)27-21-18(17)19(25-26-21)14-7-9-15(22)10-8-14/h3-10,17H,2,24H2,1H3,(H,25,26)/t17-/m1/s1. The molecule has 3 N–H and O–H groups in total. The summed E-state index contributed by atoms with van der Waals surface area (Å²) in [4.78, 5) is 0. The van der Waals surface area contributed by atoms with Gasteiger partial charge in [-0.15, -0.1) is 5.10 Å². The van der Waals surface area contributed by atoms with Gasteiger partial charge in [0.05, 0.1) is 17.2 Å².